The first-order chi connectivity index (χ1) is 11.6. The van der Waals surface area contributed by atoms with Crippen molar-refractivity contribution in [2.75, 3.05) is 5.32 Å². The molecule has 1 heterocycles. The van der Waals surface area contributed by atoms with Crippen molar-refractivity contribution in [2.45, 2.75) is 45.4 Å². The lowest BCUT2D eigenvalue weighted by atomic mass is 9.49. The molecule has 124 valence electrons. The number of hydrogen-bond acceptors (Lipinski definition) is 2. The third kappa shape index (κ3) is 2.25. The van der Waals surface area contributed by atoms with E-state index in [9.17, 15) is 4.79 Å². The maximum absolute atomic E-state index is 13.1. The van der Waals surface area contributed by atoms with Gasteiger partial charge in [-0.1, -0.05) is 6.07 Å². The van der Waals surface area contributed by atoms with Gasteiger partial charge in [0.2, 0.25) is 5.91 Å². The number of fused-ring (bicyclic) bond motifs is 1. The number of carbonyl (C=O) groups excluding carboxylic acids is 1. The van der Waals surface area contributed by atoms with Crippen molar-refractivity contribution < 1.29 is 4.79 Å². The van der Waals surface area contributed by atoms with E-state index in [2.05, 4.69) is 22.4 Å². The van der Waals surface area contributed by atoms with Crippen LogP contribution in [0, 0.1) is 30.1 Å². The molecule has 6 rings (SSSR count). The Hall–Kier alpha value is -1.90. The molecule has 24 heavy (non-hydrogen) atoms. The number of anilines is 1. The van der Waals surface area contributed by atoms with E-state index in [1.165, 1.54) is 19.3 Å². The zero-order valence-corrected chi connectivity index (χ0v) is 14.2. The van der Waals surface area contributed by atoms with Gasteiger partial charge in [0.15, 0.2) is 0 Å². The second-order valence-electron chi connectivity index (χ2n) is 8.51. The molecule has 0 radical (unpaired) electrons. The number of aryl methyl sites for hydroxylation is 1. The fraction of sp³-hybridized carbons (Fsp3) is 0.524. The average molecular weight is 320 g/mol. The molecular weight excluding hydrogens is 296 g/mol. The van der Waals surface area contributed by atoms with Gasteiger partial charge in [0.25, 0.3) is 0 Å². The zero-order chi connectivity index (χ0) is 16.3. The molecule has 0 spiro atoms. The van der Waals surface area contributed by atoms with Crippen LogP contribution in [0.5, 0.6) is 0 Å². The predicted molar refractivity (Wildman–Crippen MR) is 95.7 cm³/mol. The van der Waals surface area contributed by atoms with Crippen LogP contribution in [-0.4, -0.2) is 10.9 Å². The Kier molecular flexibility index (Phi) is 3.04. The van der Waals surface area contributed by atoms with Crippen molar-refractivity contribution in [1.29, 1.82) is 0 Å². The quantitative estimate of drug-likeness (QED) is 0.871. The van der Waals surface area contributed by atoms with Crippen LogP contribution in [-0.2, 0) is 4.79 Å². The van der Waals surface area contributed by atoms with Gasteiger partial charge in [0, 0.05) is 16.8 Å². The lowest BCUT2D eigenvalue weighted by Crippen LogP contribution is -2.51. The molecule has 0 unspecified atom stereocenters. The Bertz CT molecular complexity index is 790. The lowest BCUT2D eigenvalue weighted by Gasteiger charge is -2.55. The largest absolute Gasteiger partial charge is 0.326 e. The molecule has 3 nitrogen and oxygen atoms in total. The molecule has 1 N–H and O–H groups in total. The van der Waals surface area contributed by atoms with Crippen molar-refractivity contribution >= 4 is 22.5 Å². The van der Waals surface area contributed by atoms with Gasteiger partial charge in [-0.05, 0) is 87.5 Å². The highest BCUT2D eigenvalue weighted by atomic mass is 16.2. The summed E-state index contributed by atoms with van der Waals surface area (Å²) in [5.74, 6) is 2.66. The van der Waals surface area contributed by atoms with Crippen LogP contribution in [0.3, 0.4) is 0 Å². The smallest absolute Gasteiger partial charge is 0.230 e. The van der Waals surface area contributed by atoms with E-state index in [1.807, 2.05) is 25.1 Å². The lowest BCUT2D eigenvalue weighted by molar-refractivity contribution is -0.140. The summed E-state index contributed by atoms with van der Waals surface area (Å²) < 4.78 is 0. The van der Waals surface area contributed by atoms with Crippen molar-refractivity contribution in [3.8, 4) is 0 Å². The van der Waals surface area contributed by atoms with E-state index in [0.29, 0.717) is 0 Å². The van der Waals surface area contributed by atoms with Gasteiger partial charge in [0.05, 0.1) is 10.9 Å². The summed E-state index contributed by atoms with van der Waals surface area (Å²) in [7, 11) is 0. The zero-order valence-electron chi connectivity index (χ0n) is 14.2. The summed E-state index contributed by atoms with van der Waals surface area (Å²) in [5, 5.41) is 4.33. The van der Waals surface area contributed by atoms with Gasteiger partial charge in [0.1, 0.15) is 0 Å². The fourth-order valence-electron chi connectivity index (χ4n) is 5.96. The van der Waals surface area contributed by atoms with E-state index >= 15 is 0 Å². The number of amides is 1. The fourth-order valence-corrected chi connectivity index (χ4v) is 5.96. The van der Waals surface area contributed by atoms with E-state index in [-0.39, 0.29) is 11.3 Å². The van der Waals surface area contributed by atoms with Crippen LogP contribution in [0.25, 0.3) is 10.9 Å². The maximum Gasteiger partial charge on any atom is 0.230 e. The molecule has 1 aromatic heterocycles. The molecule has 2 aromatic rings. The Morgan fingerprint density at radius 2 is 1.71 bits per heavy atom. The van der Waals surface area contributed by atoms with Crippen molar-refractivity contribution in [2.24, 2.45) is 23.2 Å². The van der Waals surface area contributed by atoms with Crippen molar-refractivity contribution in [3.05, 3.63) is 36.0 Å². The molecule has 4 aliphatic rings. The van der Waals surface area contributed by atoms with E-state index in [0.717, 1.165) is 59.3 Å². The normalized spacial score (nSPS) is 33.8. The van der Waals surface area contributed by atoms with Crippen molar-refractivity contribution in [1.82, 2.24) is 4.98 Å². The van der Waals surface area contributed by atoms with Gasteiger partial charge >= 0.3 is 0 Å². The number of carbonyl (C=O) groups is 1. The number of pyridine rings is 1. The van der Waals surface area contributed by atoms with Crippen LogP contribution in [0.1, 0.15) is 44.2 Å². The minimum absolute atomic E-state index is 0.0881. The first-order valence-electron chi connectivity index (χ1n) is 9.28. The molecule has 0 saturated heterocycles. The third-order valence-electron chi connectivity index (χ3n) is 6.61. The monoisotopic (exact) mass is 320 g/mol. The second-order valence-corrected chi connectivity index (χ2v) is 8.51. The standard InChI is InChI=1S/C21H24N2O/c1-13-2-3-17-9-18(4-5-19(17)22-13)23-20(24)21-10-14-6-15(11-21)8-16(7-14)12-21/h2-5,9,14-16H,6-8,10-12H2,1H3,(H,23,24). The van der Waals surface area contributed by atoms with E-state index in [4.69, 9.17) is 0 Å². The number of rotatable bonds is 2. The summed E-state index contributed by atoms with van der Waals surface area (Å²) >= 11 is 0. The number of nitrogens with zero attached hydrogens (tertiary/aromatic N) is 1. The van der Waals surface area contributed by atoms with Crippen LogP contribution < -0.4 is 5.32 Å². The third-order valence-corrected chi connectivity index (χ3v) is 6.61. The van der Waals surface area contributed by atoms with Gasteiger partial charge in [-0.15, -0.1) is 0 Å². The Balaban J connectivity index is 1.41. The number of hydrogen-bond donors (Lipinski definition) is 1. The Morgan fingerprint density at radius 1 is 1.04 bits per heavy atom. The van der Waals surface area contributed by atoms with Crippen LogP contribution in [0.2, 0.25) is 0 Å². The van der Waals surface area contributed by atoms with Gasteiger partial charge < -0.3 is 5.32 Å². The van der Waals surface area contributed by atoms with Gasteiger partial charge in [-0.2, -0.15) is 0 Å². The summed E-state index contributed by atoms with van der Waals surface area (Å²) in [4.78, 5) is 17.7. The average Bonchev–Trinajstić information content (AvgIpc) is 2.54. The van der Waals surface area contributed by atoms with E-state index < -0.39 is 0 Å². The van der Waals surface area contributed by atoms with Gasteiger partial charge in [-0.25, -0.2) is 0 Å². The SMILES string of the molecule is Cc1ccc2cc(NC(=O)C34CC5CC(CC(C5)C3)C4)ccc2n1. The van der Waals surface area contributed by atoms with Crippen LogP contribution in [0.4, 0.5) is 5.69 Å². The number of benzene rings is 1. The molecule has 0 atom stereocenters. The molecule has 1 aromatic carbocycles. The molecule has 4 fully saturated rings. The van der Waals surface area contributed by atoms with Gasteiger partial charge in [-0.3, -0.25) is 9.78 Å². The first kappa shape index (κ1) is 14.4. The van der Waals surface area contributed by atoms with Crippen molar-refractivity contribution in [3.63, 3.8) is 0 Å². The van der Waals surface area contributed by atoms with Crippen LogP contribution in [0.15, 0.2) is 30.3 Å². The minimum Gasteiger partial charge on any atom is -0.326 e. The second kappa shape index (κ2) is 5.05. The molecular formula is C21H24N2O. The highest BCUT2D eigenvalue weighted by Crippen LogP contribution is 2.60. The number of aromatic nitrogens is 1. The maximum atomic E-state index is 13.1. The molecule has 4 saturated carbocycles. The summed E-state index contributed by atoms with van der Waals surface area (Å²) in [5.41, 5.74) is 2.83. The predicted octanol–water partition coefficient (Wildman–Crippen LogP) is 4.70. The molecule has 4 aliphatic carbocycles. The van der Waals surface area contributed by atoms with E-state index in [1.54, 1.807) is 0 Å². The highest BCUT2D eigenvalue weighted by molar-refractivity contribution is 5.97. The minimum atomic E-state index is -0.0881. The summed E-state index contributed by atoms with van der Waals surface area (Å²) in [6.45, 7) is 2.00. The molecule has 4 bridgehead atoms. The highest BCUT2D eigenvalue weighted by Gasteiger charge is 2.54. The topological polar surface area (TPSA) is 42.0 Å². The summed E-state index contributed by atoms with van der Waals surface area (Å²) in [6.07, 6.45) is 7.44. The Labute approximate surface area is 142 Å². The first-order valence-corrected chi connectivity index (χ1v) is 9.28. The summed E-state index contributed by atoms with van der Waals surface area (Å²) in [6, 6.07) is 10.2. The van der Waals surface area contributed by atoms with Crippen LogP contribution >= 0.6 is 0 Å². The Morgan fingerprint density at radius 3 is 2.38 bits per heavy atom. The molecule has 1 amide bonds. The molecule has 3 heteroatoms. The molecule has 0 aliphatic heterocycles. The number of nitrogens with one attached hydrogen (secondary N) is 1.